The molecule has 2 rings (SSSR count). The monoisotopic (exact) mass is 531 g/mol. The van der Waals surface area contributed by atoms with E-state index >= 15 is 0 Å². The Morgan fingerprint density at radius 3 is 2.67 bits per heavy atom. The Bertz CT molecular complexity index is 720. The Labute approximate surface area is 197 Å². The predicted molar refractivity (Wildman–Crippen MR) is 134 cm³/mol. The fraction of sp³-hybridized carbons (Fsp3) is 0.682. The third-order valence-corrected chi connectivity index (χ3v) is 5.24. The third-order valence-electron chi connectivity index (χ3n) is 5.24. The van der Waals surface area contributed by atoms with Crippen molar-refractivity contribution in [3.05, 3.63) is 34.2 Å². The van der Waals surface area contributed by atoms with Crippen LogP contribution in [0.5, 0.6) is 0 Å². The molecule has 0 aliphatic carbocycles. The van der Waals surface area contributed by atoms with Crippen LogP contribution in [0.15, 0.2) is 28.0 Å². The van der Waals surface area contributed by atoms with Gasteiger partial charge in [0.2, 0.25) is 5.91 Å². The number of carbonyl (C=O) groups is 1. The standard InChI is InChI=1S/C22H37N5O2.HI/c1-3-23-22(25-15-10-17-26-16-7-4-5-12-20(26)28)24-14-6-8-18-27-19(2)11-9-13-21(27)29;/h9,11,13H,3-8,10,12,14-18H2,1-2H3,(H2,23,24,25);1H. The zero-order valence-electron chi connectivity index (χ0n) is 18.5. The lowest BCUT2D eigenvalue weighted by molar-refractivity contribution is -0.130. The normalized spacial score (nSPS) is 14.8. The van der Waals surface area contributed by atoms with Crippen LogP contribution in [0.4, 0.5) is 0 Å². The highest BCUT2D eigenvalue weighted by Crippen LogP contribution is 2.11. The van der Waals surface area contributed by atoms with E-state index < -0.39 is 0 Å². The number of aryl methyl sites for hydroxylation is 1. The van der Waals surface area contributed by atoms with E-state index in [1.807, 2.05) is 22.5 Å². The van der Waals surface area contributed by atoms with Crippen molar-refractivity contribution < 1.29 is 4.79 Å². The van der Waals surface area contributed by atoms with E-state index in [-0.39, 0.29) is 29.5 Å². The van der Waals surface area contributed by atoms with Crippen LogP contribution in [0, 0.1) is 6.92 Å². The van der Waals surface area contributed by atoms with Gasteiger partial charge in [-0.3, -0.25) is 14.6 Å². The molecule has 0 unspecified atom stereocenters. The van der Waals surface area contributed by atoms with Gasteiger partial charge in [-0.2, -0.15) is 0 Å². The molecule has 30 heavy (non-hydrogen) atoms. The molecule has 1 saturated heterocycles. The van der Waals surface area contributed by atoms with Gasteiger partial charge in [0, 0.05) is 57.4 Å². The molecule has 2 heterocycles. The summed E-state index contributed by atoms with van der Waals surface area (Å²) in [5.41, 5.74) is 1.07. The van der Waals surface area contributed by atoms with E-state index in [0.29, 0.717) is 18.9 Å². The van der Waals surface area contributed by atoms with Crippen molar-refractivity contribution in [1.82, 2.24) is 20.1 Å². The SMILES string of the molecule is CCNC(=NCCCN1CCCCCC1=O)NCCCCn1c(C)cccc1=O.I. The number of nitrogens with zero attached hydrogens (tertiary/aromatic N) is 3. The van der Waals surface area contributed by atoms with E-state index in [1.54, 1.807) is 12.1 Å². The van der Waals surface area contributed by atoms with Crippen LogP contribution in [0.3, 0.4) is 0 Å². The molecule has 1 aliphatic heterocycles. The van der Waals surface area contributed by atoms with Gasteiger partial charge in [-0.05, 0) is 52.0 Å². The molecule has 8 heteroatoms. The lowest BCUT2D eigenvalue weighted by Gasteiger charge is -2.20. The maximum absolute atomic E-state index is 12.0. The molecule has 1 amide bonds. The van der Waals surface area contributed by atoms with Crippen LogP contribution in [-0.4, -0.2) is 54.1 Å². The summed E-state index contributed by atoms with van der Waals surface area (Å²) in [6.07, 6.45) is 6.80. The Kier molecular flexibility index (Phi) is 13.5. The number of guanidine groups is 1. The van der Waals surface area contributed by atoms with Gasteiger partial charge < -0.3 is 20.1 Å². The third kappa shape index (κ3) is 9.49. The Morgan fingerprint density at radius 1 is 1.07 bits per heavy atom. The number of aliphatic imine (C=N–C) groups is 1. The van der Waals surface area contributed by atoms with E-state index in [0.717, 1.165) is 82.9 Å². The number of hydrogen-bond donors (Lipinski definition) is 2. The van der Waals surface area contributed by atoms with Crippen molar-refractivity contribution in [3.8, 4) is 0 Å². The number of amides is 1. The number of nitrogens with one attached hydrogen (secondary N) is 2. The zero-order valence-corrected chi connectivity index (χ0v) is 20.8. The molecule has 1 aromatic rings. The molecule has 0 aromatic carbocycles. The van der Waals surface area contributed by atoms with Crippen molar-refractivity contribution >= 4 is 35.8 Å². The van der Waals surface area contributed by atoms with Crippen molar-refractivity contribution in [2.75, 3.05) is 32.7 Å². The summed E-state index contributed by atoms with van der Waals surface area (Å²) < 4.78 is 1.82. The maximum Gasteiger partial charge on any atom is 0.250 e. The smallest absolute Gasteiger partial charge is 0.250 e. The van der Waals surface area contributed by atoms with Gasteiger partial charge in [0.15, 0.2) is 5.96 Å². The second-order valence-electron chi connectivity index (χ2n) is 7.60. The Balaban J connectivity index is 0.00000450. The van der Waals surface area contributed by atoms with Crippen molar-refractivity contribution in [1.29, 1.82) is 0 Å². The van der Waals surface area contributed by atoms with Gasteiger partial charge in [-0.1, -0.05) is 12.5 Å². The van der Waals surface area contributed by atoms with E-state index in [4.69, 9.17) is 0 Å². The first-order chi connectivity index (χ1) is 14.1. The molecule has 7 nitrogen and oxygen atoms in total. The quantitative estimate of drug-likeness (QED) is 0.211. The summed E-state index contributed by atoms with van der Waals surface area (Å²) in [5, 5.41) is 6.63. The molecule has 1 aromatic heterocycles. The minimum Gasteiger partial charge on any atom is -0.357 e. The fourth-order valence-electron chi connectivity index (χ4n) is 3.58. The summed E-state index contributed by atoms with van der Waals surface area (Å²) in [4.78, 5) is 30.6. The number of halogens is 1. The molecule has 170 valence electrons. The van der Waals surface area contributed by atoms with Crippen LogP contribution in [-0.2, 0) is 11.3 Å². The lowest BCUT2D eigenvalue weighted by atomic mass is 10.2. The molecule has 0 saturated carbocycles. The molecule has 2 N–H and O–H groups in total. The number of rotatable bonds is 10. The molecular formula is C22H38IN5O2. The van der Waals surface area contributed by atoms with Gasteiger partial charge >= 0.3 is 0 Å². The molecular weight excluding hydrogens is 493 g/mol. The number of pyridine rings is 1. The van der Waals surface area contributed by atoms with E-state index in [1.165, 1.54) is 0 Å². The number of unbranched alkanes of at least 4 members (excludes halogenated alkanes) is 1. The largest absolute Gasteiger partial charge is 0.357 e. The average molecular weight is 531 g/mol. The lowest BCUT2D eigenvalue weighted by Crippen LogP contribution is -2.38. The Morgan fingerprint density at radius 2 is 1.90 bits per heavy atom. The van der Waals surface area contributed by atoms with Crippen molar-refractivity contribution in [2.24, 2.45) is 4.99 Å². The van der Waals surface area contributed by atoms with Gasteiger partial charge in [-0.15, -0.1) is 24.0 Å². The zero-order chi connectivity index (χ0) is 20.9. The highest BCUT2D eigenvalue weighted by Gasteiger charge is 2.15. The van der Waals surface area contributed by atoms with Gasteiger partial charge in [0.1, 0.15) is 0 Å². The minimum atomic E-state index is 0. The van der Waals surface area contributed by atoms with Crippen molar-refractivity contribution in [3.63, 3.8) is 0 Å². The predicted octanol–water partition coefficient (Wildman–Crippen LogP) is 2.90. The molecule has 0 radical (unpaired) electrons. The first-order valence-electron chi connectivity index (χ1n) is 11.1. The van der Waals surface area contributed by atoms with Gasteiger partial charge in [-0.25, -0.2) is 0 Å². The summed E-state index contributed by atoms with van der Waals surface area (Å²) >= 11 is 0. The summed E-state index contributed by atoms with van der Waals surface area (Å²) in [7, 11) is 0. The van der Waals surface area contributed by atoms with E-state index in [9.17, 15) is 9.59 Å². The average Bonchev–Trinajstić information content (AvgIpc) is 2.91. The molecule has 0 bridgehead atoms. The number of carbonyl (C=O) groups excluding carboxylic acids is 1. The van der Waals surface area contributed by atoms with Crippen molar-refractivity contribution in [2.45, 2.75) is 65.3 Å². The van der Waals surface area contributed by atoms with Gasteiger partial charge in [0.05, 0.1) is 0 Å². The second-order valence-corrected chi connectivity index (χ2v) is 7.60. The first kappa shape index (κ1) is 26.5. The maximum atomic E-state index is 12.0. The highest BCUT2D eigenvalue weighted by atomic mass is 127. The molecule has 1 fully saturated rings. The van der Waals surface area contributed by atoms with Crippen LogP contribution in [0.2, 0.25) is 0 Å². The molecule has 0 spiro atoms. The number of hydrogen-bond acceptors (Lipinski definition) is 3. The van der Waals surface area contributed by atoms with Crippen LogP contribution >= 0.6 is 24.0 Å². The van der Waals surface area contributed by atoms with Crippen LogP contribution in [0.25, 0.3) is 0 Å². The topological polar surface area (TPSA) is 78.7 Å². The summed E-state index contributed by atoms with van der Waals surface area (Å²) in [6, 6.07) is 5.38. The Hall–Kier alpha value is -1.58. The minimum absolute atomic E-state index is 0. The fourth-order valence-corrected chi connectivity index (χ4v) is 3.58. The molecule has 0 atom stereocenters. The summed E-state index contributed by atoms with van der Waals surface area (Å²) in [5.74, 6) is 1.12. The van der Waals surface area contributed by atoms with Crippen LogP contribution < -0.4 is 16.2 Å². The van der Waals surface area contributed by atoms with E-state index in [2.05, 4.69) is 22.5 Å². The molecule has 1 aliphatic rings. The summed E-state index contributed by atoms with van der Waals surface area (Å²) in [6.45, 7) is 8.79. The second kappa shape index (κ2) is 15.3. The first-order valence-corrected chi connectivity index (χ1v) is 11.1. The van der Waals surface area contributed by atoms with Gasteiger partial charge in [0.25, 0.3) is 5.56 Å². The highest BCUT2D eigenvalue weighted by molar-refractivity contribution is 14.0. The number of likely N-dealkylation sites (tertiary alicyclic amines) is 1. The number of aromatic nitrogens is 1. The van der Waals surface area contributed by atoms with Crippen LogP contribution in [0.1, 0.15) is 57.6 Å².